The molecule has 2 nitrogen and oxygen atoms in total. The van der Waals surface area contributed by atoms with Gasteiger partial charge in [0.2, 0.25) is 0 Å². The van der Waals surface area contributed by atoms with Gasteiger partial charge in [0.15, 0.2) is 0 Å². The molecule has 5 heteroatoms. The van der Waals surface area contributed by atoms with E-state index in [1.54, 1.807) is 0 Å². The maximum Gasteiger partial charge on any atom is 0.0450 e. The third-order valence-corrected chi connectivity index (χ3v) is 2.42. The van der Waals surface area contributed by atoms with Crippen LogP contribution in [0.5, 0.6) is 0 Å². The van der Waals surface area contributed by atoms with Crippen molar-refractivity contribution in [3.05, 3.63) is 34.9 Å². The molecule has 1 aromatic rings. The molecule has 0 atom stereocenters. The second-order valence-corrected chi connectivity index (χ2v) is 3.63. The first kappa shape index (κ1) is 18.4. The van der Waals surface area contributed by atoms with Crippen molar-refractivity contribution >= 4 is 36.4 Å². The fourth-order valence-corrected chi connectivity index (χ4v) is 1.46. The van der Waals surface area contributed by atoms with Gasteiger partial charge >= 0.3 is 0 Å². The van der Waals surface area contributed by atoms with E-state index >= 15 is 0 Å². The van der Waals surface area contributed by atoms with Gasteiger partial charge in [-0.15, -0.1) is 24.8 Å². The molecule has 0 amide bonds. The Morgan fingerprint density at radius 1 is 1.12 bits per heavy atom. The molecule has 2 N–H and O–H groups in total. The van der Waals surface area contributed by atoms with Gasteiger partial charge in [-0.05, 0) is 38.2 Å². The van der Waals surface area contributed by atoms with Crippen LogP contribution in [-0.4, -0.2) is 20.1 Å². The van der Waals surface area contributed by atoms with Crippen LogP contribution in [0.15, 0.2) is 24.3 Å². The minimum atomic E-state index is 0. The topological polar surface area (TPSA) is 24.1 Å². The lowest BCUT2D eigenvalue weighted by atomic mass is 10.2. The van der Waals surface area contributed by atoms with Crippen LogP contribution >= 0.6 is 36.4 Å². The number of hydrogen-bond donors (Lipinski definition) is 2. The molecular weight excluding hydrogens is 266 g/mol. The van der Waals surface area contributed by atoms with Gasteiger partial charge in [0.1, 0.15) is 0 Å². The summed E-state index contributed by atoms with van der Waals surface area (Å²) < 4.78 is 0. The Labute approximate surface area is 115 Å². The smallest absolute Gasteiger partial charge is 0.0450 e. The average Bonchev–Trinajstić information content (AvgIpc) is 2.20. The Kier molecular flexibility index (Phi) is 13.2. The highest BCUT2D eigenvalue weighted by Gasteiger charge is 1.96. The second kappa shape index (κ2) is 11.5. The lowest BCUT2D eigenvalue weighted by Crippen LogP contribution is -2.19. The van der Waals surface area contributed by atoms with Crippen LogP contribution < -0.4 is 10.6 Å². The SMILES string of the molecule is CNCCCNCc1ccccc1Cl.Cl.Cl. The zero-order chi connectivity index (χ0) is 10.2. The van der Waals surface area contributed by atoms with E-state index in [1.807, 2.05) is 31.3 Å². The summed E-state index contributed by atoms with van der Waals surface area (Å²) in [6.45, 7) is 2.92. The van der Waals surface area contributed by atoms with E-state index in [1.165, 1.54) is 5.56 Å². The molecule has 0 spiro atoms. The predicted octanol–water partition coefficient (Wildman–Crippen LogP) is 2.88. The van der Waals surface area contributed by atoms with Gasteiger partial charge < -0.3 is 10.6 Å². The van der Waals surface area contributed by atoms with Crippen LogP contribution in [0.25, 0.3) is 0 Å². The molecule has 0 aliphatic carbocycles. The summed E-state index contributed by atoms with van der Waals surface area (Å²) in [5, 5.41) is 7.31. The van der Waals surface area contributed by atoms with Crippen LogP contribution in [0.3, 0.4) is 0 Å². The molecule has 94 valence electrons. The lowest BCUT2D eigenvalue weighted by Gasteiger charge is -2.05. The van der Waals surface area contributed by atoms with Gasteiger partial charge in [-0.25, -0.2) is 0 Å². The molecule has 0 heterocycles. The second-order valence-electron chi connectivity index (χ2n) is 3.23. The van der Waals surface area contributed by atoms with Crippen molar-refractivity contribution < 1.29 is 0 Å². The molecular formula is C11H19Cl3N2. The minimum absolute atomic E-state index is 0. The van der Waals surface area contributed by atoms with Crippen LogP contribution in [0, 0.1) is 0 Å². The molecule has 0 bridgehead atoms. The highest BCUT2D eigenvalue weighted by atomic mass is 35.5. The van der Waals surface area contributed by atoms with E-state index in [-0.39, 0.29) is 24.8 Å². The van der Waals surface area contributed by atoms with E-state index in [0.717, 1.165) is 31.1 Å². The molecule has 1 rings (SSSR count). The van der Waals surface area contributed by atoms with Gasteiger partial charge in [-0.2, -0.15) is 0 Å². The Bertz CT molecular complexity index is 269. The summed E-state index contributed by atoms with van der Waals surface area (Å²) in [5.41, 5.74) is 1.17. The van der Waals surface area contributed by atoms with Crippen molar-refractivity contribution in [2.24, 2.45) is 0 Å². The summed E-state index contributed by atoms with van der Waals surface area (Å²) in [6.07, 6.45) is 1.14. The summed E-state index contributed by atoms with van der Waals surface area (Å²) in [4.78, 5) is 0. The molecule has 0 aliphatic heterocycles. The Hall–Kier alpha value is 0.01000. The van der Waals surface area contributed by atoms with Crippen molar-refractivity contribution in [1.29, 1.82) is 0 Å². The van der Waals surface area contributed by atoms with Crippen molar-refractivity contribution in [3.63, 3.8) is 0 Å². The standard InChI is InChI=1S/C11H17ClN2.2ClH/c1-13-7-4-8-14-9-10-5-2-3-6-11(10)12;;/h2-3,5-6,13-14H,4,7-9H2,1H3;2*1H. The summed E-state index contributed by atoms with van der Waals surface area (Å²) >= 11 is 6.01. The highest BCUT2D eigenvalue weighted by molar-refractivity contribution is 6.31. The number of rotatable bonds is 6. The Morgan fingerprint density at radius 2 is 1.81 bits per heavy atom. The van der Waals surface area contributed by atoms with Gasteiger partial charge in [0, 0.05) is 11.6 Å². The van der Waals surface area contributed by atoms with Crippen molar-refractivity contribution in [2.45, 2.75) is 13.0 Å². The van der Waals surface area contributed by atoms with Gasteiger partial charge in [-0.1, -0.05) is 29.8 Å². The number of nitrogens with one attached hydrogen (secondary N) is 2. The Balaban J connectivity index is 0. The van der Waals surface area contributed by atoms with E-state index in [2.05, 4.69) is 10.6 Å². The molecule has 1 aromatic carbocycles. The van der Waals surface area contributed by atoms with Crippen LogP contribution in [0.4, 0.5) is 0 Å². The number of benzene rings is 1. The third-order valence-electron chi connectivity index (χ3n) is 2.05. The maximum atomic E-state index is 6.01. The number of halogens is 3. The molecule has 0 saturated carbocycles. The van der Waals surface area contributed by atoms with Gasteiger partial charge in [0.05, 0.1) is 0 Å². The summed E-state index contributed by atoms with van der Waals surface area (Å²) in [6, 6.07) is 7.93. The first-order chi connectivity index (χ1) is 6.84. The van der Waals surface area contributed by atoms with Crippen molar-refractivity contribution in [1.82, 2.24) is 10.6 Å². The quantitative estimate of drug-likeness (QED) is 0.786. The van der Waals surface area contributed by atoms with Gasteiger partial charge in [0.25, 0.3) is 0 Å². The largest absolute Gasteiger partial charge is 0.320 e. The van der Waals surface area contributed by atoms with E-state index in [0.29, 0.717) is 0 Å². The lowest BCUT2D eigenvalue weighted by molar-refractivity contribution is 0.625. The van der Waals surface area contributed by atoms with E-state index in [9.17, 15) is 0 Å². The van der Waals surface area contributed by atoms with Crippen LogP contribution in [0.1, 0.15) is 12.0 Å². The zero-order valence-corrected chi connectivity index (χ0v) is 11.7. The molecule has 0 aliphatic rings. The first-order valence-corrected chi connectivity index (χ1v) is 5.31. The van der Waals surface area contributed by atoms with E-state index < -0.39 is 0 Å². The molecule has 16 heavy (non-hydrogen) atoms. The third kappa shape index (κ3) is 7.31. The van der Waals surface area contributed by atoms with Gasteiger partial charge in [-0.3, -0.25) is 0 Å². The number of hydrogen-bond acceptors (Lipinski definition) is 2. The summed E-state index contributed by atoms with van der Waals surface area (Å²) in [5.74, 6) is 0. The van der Waals surface area contributed by atoms with Crippen LogP contribution in [0.2, 0.25) is 5.02 Å². The zero-order valence-electron chi connectivity index (χ0n) is 9.33. The molecule has 0 saturated heterocycles. The normalized spacial score (nSPS) is 9.12. The fourth-order valence-electron chi connectivity index (χ4n) is 1.25. The fraction of sp³-hybridized carbons (Fsp3) is 0.455. The molecule has 0 unspecified atom stereocenters. The maximum absolute atomic E-state index is 6.01. The van der Waals surface area contributed by atoms with Crippen molar-refractivity contribution in [3.8, 4) is 0 Å². The molecule has 0 fully saturated rings. The predicted molar refractivity (Wildman–Crippen MR) is 76.2 cm³/mol. The Morgan fingerprint density at radius 3 is 2.44 bits per heavy atom. The van der Waals surface area contributed by atoms with Crippen LogP contribution in [-0.2, 0) is 6.54 Å². The molecule has 0 aromatic heterocycles. The highest BCUT2D eigenvalue weighted by Crippen LogP contribution is 2.13. The van der Waals surface area contributed by atoms with Crippen molar-refractivity contribution in [2.75, 3.05) is 20.1 Å². The molecule has 0 radical (unpaired) electrons. The average molecular weight is 286 g/mol. The summed E-state index contributed by atoms with van der Waals surface area (Å²) in [7, 11) is 1.97. The monoisotopic (exact) mass is 284 g/mol. The minimum Gasteiger partial charge on any atom is -0.320 e. The van der Waals surface area contributed by atoms with E-state index in [4.69, 9.17) is 11.6 Å². The first-order valence-electron chi connectivity index (χ1n) is 4.93.